The van der Waals surface area contributed by atoms with Crippen molar-refractivity contribution in [1.29, 1.82) is 0 Å². The van der Waals surface area contributed by atoms with Gasteiger partial charge in [-0.3, -0.25) is 0 Å². The van der Waals surface area contributed by atoms with E-state index in [0.29, 0.717) is 0 Å². The van der Waals surface area contributed by atoms with E-state index in [-0.39, 0.29) is 12.4 Å². The lowest BCUT2D eigenvalue weighted by atomic mass is 10.1. The average molecular weight is 275 g/mol. The highest BCUT2D eigenvalue weighted by Crippen LogP contribution is 2.15. The van der Waals surface area contributed by atoms with E-state index in [9.17, 15) is 0 Å². The van der Waals surface area contributed by atoms with Crippen molar-refractivity contribution in [2.75, 3.05) is 26.2 Å². The van der Waals surface area contributed by atoms with Gasteiger partial charge in [0.1, 0.15) is 0 Å². The summed E-state index contributed by atoms with van der Waals surface area (Å²) in [6.07, 6.45) is 2.66. The molecule has 0 aliphatic carbocycles. The predicted molar refractivity (Wildman–Crippen MR) is 78.1 cm³/mol. The van der Waals surface area contributed by atoms with Crippen molar-refractivity contribution >= 4 is 23.7 Å². The van der Waals surface area contributed by atoms with Crippen LogP contribution in [0.15, 0.2) is 17.5 Å². The quantitative estimate of drug-likeness (QED) is 0.858. The van der Waals surface area contributed by atoms with Crippen LogP contribution < -0.4 is 5.32 Å². The van der Waals surface area contributed by atoms with E-state index in [4.69, 9.17) is 0 Å². The van der Waals surface area contributed by atoms with Gasteiger partial charge in [0.2, 0.25) is 0 Å². The molecule has 2 rings (SSSR count). The predicted octanol–water partition coefficient (Wildman–Crippen LogP) is 2.99. The minimum atomic E-state index is 0. The second-order valence-corrected chi connectivity index (χ2v) is 5.70. The summed E-state index contributed by atoms with van der Waals surface area (Å²) in [5.41, 5.74) is 0. The molecule has 0 radical (unpaired) electrons. The van der Waals surface area contributed by atoms with Crippen LogP contribution in [0.3, 0.4) is 0 Å². The Morgan fingerprint density at radius 1 is 1.53 bits per heavy atom. The topological polar surface area (TPSA) is 15.3 Å². The lowest BCUT2D eigenvalue weighted by Gasteiger charge is -2.14. The smallest absolute Gasteiger partial charge is 0.0299 e. The number of thiophene rings is 1. The Morgan fingerprint density at radius 3 is 3.12 bits per heavy atom. The minimum absolute atomic E-state index is 0. The molecule has 4 heteroatoms. The summed E-state index contributed by atoms with van der Waals surface area (Å²) in [7, 11) is 0. The Bertz CT molecular complexity index is 290. The first-order valence-electron chi connectivity index (χ1n) is 6.34. The van der Waals surface area contributed by atoms with Gasteiger partial charge < -0.3 is 10.2 Å². The Hall–Kier alpha value is -0.0900. The monoisotopic (exact) mass is 274 g/mol. The SMILES string of the molecule is CCCN1CCC(CNCc2cccs2)C1.Cl. The maximum atomic E-state index is 3.58. The summed E-state index contributed by atoms with van der Waals surface area (Å²) in [6.45, 7) is 8.37. The number of halogens is 1. The third-order valence-electron chi connectivity index (χ3n) is 3.22. The zero-order chi connectivity index (χ0) is 11.2. The fourth-order valence-electron chi connectivity index (χ4n) is 2.41. The standard InChI is InChI=1S/C13H22N2S.ClH/c1-2-6-15-7-5-12(11-15)9-14-10-13-4-3-8-16-13;/h3-4,8,12,14H,2,5-7,9-11H2,1H3;1H. The Labute approximate surface area is 115 Å². The third kappa shape index (κ3) is 4.96. The van der Waals surface area contributed by atoms with Gasteiger partial charge >= 0.3 is 0 Å². The molecule has 1 aromatic rings. The van der Waals surface area contributed by atoms with Crippen molar-refractivity contribution in [3.05, 3.63) is 22.4 Å². The molecule has 2 nitrogen and oxygen atoms in total. The normalized spacial score (nSPS) is 20.4. The number of nitrogens with zero attached hydrogens (tertiary/aromatic N) is 1. The third-order valence-corrected chi connectivity index (χ3v) is 4.10. The molecule has 1 N–H and O–H groups in total. The molecule has 0 saturated carbocycles. The maximum Gasteiger partial charge on any atom is 0.0299 e. The number of likely N-dealkylation sites (tertiary alicyclic amines) is 1. The molecule has 1 atom stereocenters. The lowest BCUT2D eigenvalue weighted by molar-refractivity contribution is 0.322. The van der Waals surface area contributed by atoms with Gasteiger partial charge in [-0.15, -0.1) is 23.7 Å². The first-order valence-corrected chi connectivity index (χ1v) is 7.22. The summed E-state index contributed by atoms with van der Waals surface area (Å²) >= 11 is 1.84. The Morgan fingerprint density at radius 2 is 2.41 bits per heavy atom. The molecule has 17 heavy (non-hydrogen) atoms. The molecule has 98 valence electrons. The minimum Gasteiger partial charge on any atom is -0.312 e. The molecule has 1 saturated heterocycles. The molecule has 0 amide bonds. The van der Waals surface area contributed by atoms with Crippen LogP contribution in [0, 0.1) is 5.92 Å². The summed E-state index contributed by atoms with van der Waals surface area (Å²) in [6, 6.07) is 4.33. The van der Waals surface area contributed by atoms with E-state index in [1.54, 1.807) is 0 Å². The van der Waals surface area contributed by atoms with Crippen LogP contribution in [0.2, 0.25) is 0 Å². The molecular formula is C13H23ClN2S. The summed E-state index contributed by atoms with van der Waals surface area (Å²) < 4.78 is 0. The zero-order valence-electron chi connectivity index (χ0n) is 10.5. The second-order valence-electron chi connectivity index (χ2n) is 4.67. The van der Waals surface area contributed by atoms with Crippen molar-refractivity contribution in [3.63, 3.8) is 0 Å². The summed E-state index contributed by atoms with van der Waals surface area (Å²) in [5.74, 6) is 0.867. The Balaban J connectivity index is 0.00000144. The van der Waals surface area contributed by atoms with Gasteiger partial charge in [-0.05, 0) is 49.8 Å². The van der Waals surface area contributed by atoms with Crippen molar-refractivity contribution < 1.29 is 0 Å². The molecule has 1 aliphatic rings. The largest absolute Gasteiger partial charge is 0.312 e. The maximum absolute atomic E-state index is 3.58. The first kappa shape index (κ1) is 15.0. The summed E-state index contributed by atoms with van der Waals surface area (Å²) in [5, 5.41) is 5.72. The lowest BCUT2D eigenvalue weighted by Crippen LogP contribution is -2.26. The molecule has 1 aromatic heterocycles. The molecule has 1 unspecified atom stereocenters. The van der Waals surface area contributed by atoms with Crippen LogP contribution in [0.1, 0.15) is 24.6 Å². The fraction of sp³-hybridized carbons (Fsp3) is 0.692. The number of rotatable bonds is 6. The first-order chi connectivity index (χ1) is 7.88. The average Bonchev–Trinajstić information content (AvgIpc) is 2.90. The van der Waals surface area contributed by atoms with E-state index < -0.39 is 0 Å². The van der Waals surface area contributed by atoms with E-state index in [0.717, 1.165) is 12.5 Å². The number of nitrogens with one attached hydrogen (secondary N) is 1. The van der Waals surface area contributed by atoms with Crippen molar-refractivity contribution in [2.45, 2.75) is 26.3 Å². The summed E-state index contributed by atoms with van der Waals surface area (Å²) in [4.78, 5) is 4.04. The van der Waals surface area contributed by atoms with Crippen LogP contribution in [0.5, 0.6) is 0 Å². The van der Waals surface area contributed by atoms with Crippen LogP contribution in [0.25, 0.3) is 0 Å². The molecule has 0 bridgehead atoms. The molecule has 2 heterocycles. The molecular weight excluding hydrogens is 252 g/mol. The van der Waals surface area contributed by atoms with Gasteiger partial charge in [-0.25, -0.2) is 0 Å². The van der Waals surface area contributed by atoms with Gasteiger partial charge in [-0.2, -0.15) is 0 Å². The van der Waals surface area contributed by atoms with E-state index >= 15 is 0 Å². The zero-order valence-corrected chi connectivity index (χ0v) is 12.2. The van der Waals surface area contributed by atoms with Crippen LogP contribution >= 0.6 is 23.7 Å². The van der Waals surface area contributed by atoms with Gasteiger partial charge in [0.25, 0.3) is 0 Å². The van der Waals surface area contributed by atoms with Crippen LogP contribution in [0.4, 0.5) is 0 Å². The highest BCUT2D eigenvalue weighted by molar-refractivity contribution is 7.09. The van der Waals surface area contributed by atoms with E-state index in [2.05, 4.69) is 34.7 Å². The fourth-order valence-corrected chi connectivity index (χ4v) is 3.09. The van der Waals surface area contributed by atoms with Crippen molar-refractivity contribution in [1.82, 2.24) is 10.2 Å². The second kappa shape index (κ2) is 8.09. The van der Waals surface area contributed by atoms with Crippen LogP contribution in [-0.2, 0) is 6.54 Å². The number of hydrogen-bond acceptors (Lipinski definition) is 3. The van der Waals surface area contributed by atoms with Gasteiger partial charge in [-0.1, -0.05) is 13.0 Å². The van der Waals surface area contributed by atoms with Crippen LogP contribution in [-0.4, -0.2) is 31.1 Å². The number of hydrogen-bond donors (Lipinski definition) is 1. The highest BCUT2D eigenvalue weighted by Gasteiger charge is 2.20. The van der Waals surface area contributed by atoms with Gasteiger partial charge in [0, 0.05) is 18.0 Å². The molecule has 0 aromatic carbocycles. The molecule has 1 aliphatic heterocycles. The van der Waals surface area contributed by atoms with E-state index in [1.165, 1.54) is 43.9 Å². The molecule has 0 spiro atoms. The highest BCUT2D eigenvalue weighted by atomic mass is 35.5. The molecule has 1 fully saturated rings. The van der Waals surface area contributed by atoms with Crippen molar-refractivity contribution in [3.8, 4) is 0 Å². The van der Waals surface area contributed by atoms with Gasteiger partial charge in [0.15, 0.2) is 0 Å². The van der Waals surface area contributed by atoms with E-state index in [1.807, 2.05) is 11.3 Å². The Kier molecular flexibility index (Phi) is 7.12. The van der Waals surface area contributed by atoms with Gasteiger partial charge in [0.05, 0.1) is 0 Å². The van der Waals surface area contributed by atoms with Crippen molar-refractivity contribution in [2.24, 2.45) is 5.92 Å².